The van der Waals surface area contributed by atoms with E-state index in [1.165, 1.54) is 12.1 Å². The van der Waals surface area contributed by atoms with Gasteiger partial charge in [-0.25, -0.2) is 9.82 Å². The van der Waals surface area contributed by atoms with Crippen LogP contribution in [-0.2, 0) is 14.3 Å². The van der Waals surface area contributed by atoms with Crippen LogP contribution in [-0.4, -0.2) is 54.3 Å². The van der Waals surface area contributed by atoms with Gasteiger partial charge in [0.15, 0.2) is 0 Å². The number of methoxy groups -OCH3 is 1. The lowest BCUT2D eigenvalue weighted by molar-refractivity contribution is -0.154. The van der Waals surface area contributed by atoms with Gasteiger partial charge in [0.05, 0.1) is 12.1 Å². The first kappa shape index (κ1) is 14.2. The number of hydrogen-bond donors (Lipinski definition) is 2. The van der Waals surface area contributed by atoms with Crippen molar-refractivity contribution in [2.45, 2.75) is 50.5 Å². The molecule has 0 unspecified atom stereocenters. The molecule has 108 valence electrons. The van der Waals surface area contributed by atoms with Gasteiger partial charge in [0.2, 0.25) is 5.91 Å². The Morgan fingerprint density at radius 2 is 2.21 bits per heavy atom. The summed E-state index contributed by atoms with van der Waals surface area (Å²) < 4.78 is 19.2. The van der Waals surface area contributed by atoms with E-state index in [0.717, 1.165) is 0 Å². The molecule has 2 heterocycles. The fourth-order valence-electron chi connectivity index (χ4n) is 2.75. The van der Waals surface area contributed by atoms with E-state index >= 15 is 0 Å². The molecule has 0 aromatic carbocycles. The molecule has 2 aliphatic heterocycles. The van der Waals surface area contributed by atoms with E-state index in [0.29, 0.717) is 12.8 Å². The van der Waals surface area contributed by atoms with Crippen molar-refractivity contribution in [2.75, 3.05) is 13.7 Å². The topological polar surface area (TPSA) is 70.7 Å². The third kappa shape index (κ3) is 2.71. The summed E-state index contributed by atoms with van der Waals surface area (Å²) in [6, 6.07) is -0.554. The molecule has 0 saturated carbocycles. The Hall–Kier alpha value is -1.21. The molecule has 0 radical (unpaired) electrons. The van der Waals surface area contributed by atoms with Crippen LogP contribution in [0.25, 0.3) is 0 Å². The SMILES string of the molecule is CO[C@@H]1[C@H](F)CN(C(=O)[C@@H]2CCC(=O)N2)NC1(C)C. The second-order valence-corrected chi connectivity index (χ2v) is 5.61. The maximum absolute atomic E-state index is 14.1. The average Bonchev–Trinajstić information content (AvgIpc) is 2.73. The Morgan fingerprint density at radius 1 is 1.53 bits per heavy atom. The monoisotopic (exact) mass is 273 g/mol. The van der Waals surface area contributed by atoms with Crippen molar-refractivity contribution in [3.05, 3.63) is 0 Å². The van der Waals surface area contributed by atoms with Crippen LogP contribution < -0.4 is 10.7 Å². The molecule has 0 aromatic heterocycles. The van der Waals surface area contributed by atoms with Gasteiger partial charge in [-0.1, -0.05) is 0 Å². The number of ether oxygens (including phenoxy) is 1. The molecule has 6 nitrogen and oxygen atoms in total. The first-order valence-corrected chi connectivity index (χ1v) is 6.40. The molecule has 2 aliphatic rings. The Labute approximate surface area is 111 Å². The fraction of sp³-hybridized carbons (Fsp3) is 0.833. The second-order valence-electron chi connectivity index (χ2n) is 5.61. The number of alkyl halides is 1. The summed E-state index contributed by atoms with van der Waals surface area (Å²) in [5.74, 6) is -0.433. The van der Waals surface area contributed by atoms with Crippen molar-refractivity contribution >= 4 is 11.8 Å². The Kier molecular flexibility index (Phi) is 3.78. The average molecular weight is 273 g/mol. The van der Waals surface area contributed by atoms with Crippen molar-refractivity contribution in [3.63, 3.8) is 0 Å². The summed E-state index contributed by atoms with van der Waals surface area (Å²) in [7, 11) is 1.45. The van der Waals surface area contributed by atoms with Crippen molar-refractivity contribution < 1.29 is 18.7 Å². The van der Waals surface area contributed by atoms with Crippen LogP contribution in [0.5, 0.6) is 0 Å². The molecule has 2 rings (SSSR count). The molecule has 2 saturated heterocycles. The van der Waals surface area contributed by atoms with Crippen LogP contribution >= 0.6 is 0 Å². The standard InChI is InChI=1S/C12H20FN3O3/c1-12(2)10(19-3)7(13)6-16(15-12)11(18)8-4-5-9(17)14-8/h7-8,10,15H,4-6H2,1-3H3,(H,14,17)/t7-,8+,10-/m1/s1. The fourth-order valence-corrected chi connectivity index (χ4v) is 2.75. The number of halogens is 1. The number of rotatable bonds is 2. The maximum Gasteiger partial charge on any atom is 0.259 e. The molecule has 0 aliphatic carbocycles. The molecule has 2 N–H and O–H groups in total. The number of hydrazine groups is 1. The Morgan fingerprint density at radius 3 is 2.68 bits per heavy atom. The van der Waals surface area contributed by atoms with Crippen LogP contribution in [0.4, 0.5) is 4.39 Å². The molecular weight excluding hydrogens is 253 g/mol. The highest BCUT2D eigenvalue weighted by Crippen LogP contribution is 2.25. The Bertz CT molecular complexity index is 388. The minimum Gasteiger partial charge on any atom is -0.376 e. The normalized spacial score (nSPS) is 34.2. The lowest BCUT2D eigenvalue weighted by Crippen LogP contribution is -2.70. The number of nitrogens with zero attached hydrogens (tertiary/aromatic N) is 1. The van der Waals surface area contributed by atoms with E-state index < -0.39 is 23.9 Å². The molecule has 19 heavy (non-hydrogen) atoms. The molecule has 3 atom stereocenters. The predicted octanol–water partition coefficient (Wildman–Crippen LogP) is -0.256. The quantitative estimate of drug-likeness (QED) is 0.727. The highest BCUT2D eigenvalue weighted by molar-refractivity contribution is 5.90. The lowest BCUT2D eigenvalue weighted by atomic mass is 9.91. The van der Waals surface area contributed by atoms with Gasteiger partial charge in [-0.3, -0.25) is 14.6 Å². The molecule has 2 amide bonds. The van der Waals surface area contributed by atoms with Gasteiger partial charge in [-0.2, -0.15) is 0 Å². The summed E-state index contributed by atoms with van der Waals surface area (Å²) in [6.45, 7) is 3.48. The van der Waals surface area contributed by atoms with Gasteiger partial charge < -0.3 is 10.1 Å². The van der Waals surface area contributed by atoms with Crippen LogP contribution in [0.1, 0.15) is 26.7 Å². The first-order valence-electron chi connectivity index (χ1n) is 6.40. The number of carbonyl (C=O) groups excluding carboxylic acids is 2. The number of hydrogen-bond acceptors (Lipinski definition) is 4. The number of nitrogens with one attached hydrogen (secondary N) is 2. The minimum absolute atomic E-state index is 0.0762. The number of amides is 2. The Balaban J connectivity index is 2.06. The highest BCUT2D eigenvalue weighted by atomic mass is 19.1. The van der Waals surface area contributed by atoms with E-state index in [1.807, 2.05) is 0 Å². The van der Waals surface area contributed by atoms with E-state index in [1.54, 1.807) is 13.8 Å². The second kappa shape index (κ2) is 5.05. The van der Waals surface area contributed by atoms with Crippen molar-refractivity contribution in [1.29, 1.82) is 0 Å². The molecule has 0 bridgehead atoms. The molecule has 7 heteroatoms. The van der Waals surface area contributed by atoms with Crippen LogP contribution in [0.2, 0.25) is 0 Å². The summed E-state index contributed by atoms with van der Waals surface area (Å²) in [5.41, 5.74) is 2.29. The molecule has 0 aromatic rings. The molecule has 0 spiro atoms. The van der Waals surface area contributed by atoms with Gasteiger partial charge in [0.1, 0.15) is 18.3 Å². The van der Waals surface area contributed by atoms with Gasteiger partial charge in [0.25, 0.3) is 5.91 Å². The largest absolute Gasteiger partial charge is 0.376 e. The van der Waals surface area contributed by atoms with Crippen LogP contribution in [0, 0.1) is 0 Å². The summed E-state index contributed by atoms with van der Waals surface area (Å²) in [4.78, 5) is 23.3. The van der Waals surface area contributed by atoms with Gasteiger partial charge >= 0.3 is 0 Å². The lowest BCUT2D eigenvalue weighted by Gasteiger charge is -2.46. The van der Waals surface area contributed by atoms with Gasteiger partial charge in [-0.15, -0.1) is 0 Å². The van der Waals surface area contributed by atoms with E-state index in [2.05, 4.69) is 10.7 Å². The summed E-state index contributed by atoms with van der Waals surface area (Å²) in [5, 5.41) is 3.85. The zero-order chi connectivity index (χ0) is 14.2. The third-order valence-corrected chi connectivity index (χ3v) is 3.63. The van der Waals surface area contributed by atoms with Crippen molar-refractivity contribution in [2.24, 2.45) is 0 Å². The maximum atomic E-state index is 14.1. The van der Waals surface area contributed by atoms with E-state index in [-0.39, 0.29) is 18.4 Å². The zero-order valence-corrected chi connectivity index (χ0v) is 11.4. The highest BCUT2D eigenvalue weighted by Gasteiger charge is 2.45. The van der Waals surface area contributed by atoms with Crippen LogP contribution in [0.15, 0.2) is 0 Å². The van der Waals surface area contributed by atoms with Gasteiger partial charge in [0, 0.05) is 13.5 Å². The minimum atomic E-state index is -1.26. The zero-order valence-electron chi connectivity index (χ0n) is 11.4. The number of carbonyl (C=O) groups is 2. The summed E-state index contributed by atoms with van der Waals surface area (Å²) >= 11 is 0. The van der Waals surface area contributed by atoms with Gasteiger partial charge in [-0.05, 0) is 20.3 Å². The first-order chi connectivity index (χ1) is 8.85. The third-order valence-electron chi connectivity index (χ3n) is 3.63. The van der Waals surface area contributed by atoms with E-state index in [4.69, 9.17) is 4.74 Å². The molecular formula is C12H20FN3O3. The smallest absolute Gasteiger partial charge is 0.259 e. The predicted molar refractivity (Wildman–Crippen MR) is 65.8 cm³/mol. The van der Waals surface area contributed by atoms with Crippen LogP contribution in [0.3, 0.4) is 0 Å². The van der Waals surface area contributed by atoms with E-state index in [9.17, 15) is 14.0 Å². The van der Waals surface area contributed by atoms with Crippen molar-refractivity contribution in [3.8, 4) is 0 Å². The molecule has 2 fully saturated rings. The van der Waals surface area contributed by atoms with Crippen molar-refractivity contribution in [1.82, 2.24) is 15.8 Å². The summed E-state index contributed by atoms with van der Waals surface area (Å²) in [6.07, 6.45) is -1.08.